The zero-order valence-electron chi connectivity index (χ0n) is 16.4. The smallest absolute Gasteiger partial charge is 0.267 e. The number of nitrogens with zero attached hydrogens (tertiary/aromatic N) is 2. The van der Waals surface area contributed by atoms with Gasteiger partial charge in [0.1, 0.15) is 5.71 Å². The van der Waals surface area contributed by atoms with E-state index in [0.717, 1.165) is 37.8 Å². The molecular weight excluding hydrogens is 536 g/mol. The van der Waals surface area contributed by atoms with Crippen LogP contribution < -0.4 is 10.3 Å². The van der Waals surface area contributed by atoms with Crippen LogP contribution >= 0.6 is 45.8 Å². The van der Waals surface area contributed by atoms with Crippen molar-refractivity contribution in [2.24, 2.45) is 11.0 Å². The summed E-state index contributed by atoms with van der Waals surface area (Å²) in [6.45, 7) is 0. The number of carbonyl (C=O) groups is 1. The first-order valence-corrected chi connectivity index (χ1v) is 12.1. The van der Waals surface area contributed by atoms with Gasteiger partial charge in [-0.2, -0.15) is 5.10 Å². The van der Waals surface area contributed by atoms with Gasteiger partial charge in [-0.25, -0.2) is 0 Å². The minimum absolute atomic E-state index is 0.0160. The number of carbonyl (C=O) groups excluding carboxylic acids is 1. The van der Waals surface area contributed by atoms with E-state index < -0.39 is 6.10 Å². The fourth-order valence-corrected chi connectivity index (χ4v) is 5.28. The quantitative estimate of drug-likeness (QED) is 0.496. The highest BCUT2D eigenvalue weighted by Gasteiger charge is 2.37. The Kier molecular flexibility index (Phi) is 7.07. The fraction of sp³-hybridized carbons (Fsp3) is 0.455. The maximum Gasteiger partial charge on any atom is 0.267 e. The van der Waals surface area contributed by atoms with Gasteiger partial charge < -0.3 is 10.4 Å². The van der Waals surface area contributed by atoms with E-state index in [1.54, 1.807) is 12.1 Å². The topological polar surface area (TPSA) is 64.9 Å². The molecule has 2 N–H and O–H groups in total. The van der Waals surface area contributed by atoms with Crippen molar-refractivity contribution >= 4 is 63.1 Å². The predicted octanol–water partition coefficient (Wildman–Crippen LogP) is 5.24. The van der Waals surface area contributed by atoms with Crippen molar-refractivity contribution in [1.29, 1.82) is 0 Å². The maximum absolute atomic E-state index is 13.0. The van der Waals surface area contributed by atoms with Crippen LogP contribution in [-0.2, 0) is 4.79 Å². The van der Waals surface area contributed by atoms with Gasteiger partial charge in [-0.3, -0.25) is 9.80 Å². The molecule has 4 atom stereocenters. The molecule has 1 saturated carbocycles. The van der Waals surface area contributed by atoms with Crippen LogP contribution in [0.1, 0.15) is 38.5 Å². The van der Waals surface area contributed by atoms with E-state index in [1.165, 1.54) is 3.58 Å². The lowest BCUT2D eigenvalue weighted by Gasteiger charge is -2.30. The number of aliphatic hydroxyl groups is 1. The molecule has 0 bridgehead atoms. The second-order valence-corrected chi connectivity index (χ2v) is 10.1. The summed E-state index contributed by atoms with van der Waals surface area (Å²) in [5.74, 6) is 0.00743. The molecule has 1 fully saturated rings. The molecule has 1 aromatic carbocycles. The van der Waals surface area contributed by atoms with E-state index in [2.05, 4.69) is 51.2 Å². The molecule has 5 nitrogen and oxygen atoms in total. The molecule has 1 amide bonds. The fourth-order valence-electron chi connectivity index (χ4n) is 4.33. The average molecular weight is 560 g/mol. The highest BCUT2D eigenvalue weighted by atomic mass is 127. The van der Waals surface area contributed by atoms with Gasteiger partial charge in [0.2, 0.25) is 0 Å². The average Bonchev–Trinajstić information content (AvgIpc) is 3.15. The van der Waals surface area contributed by atoms with Crippen LogP contribution in [0.15, 0.2) is 45.1 Å². The molecular formula is C22H24Cl2IN3O2. The van der Waals surface area contributed by atoms with E-state index in [-0.39, 0.29) is 23.9 Å². The van der Waals surface area contributed by atoms with E-state index in [9.17, 15) is 9.90 Å². The summed E-state index contributed by atoms with van der Waals surface area (Å²) >= 11 is 14.9. The number of aliphatic hydroxyl groups excluding tert-OH is 1. The van der Waals surface area contributed by atoms with E-state index in [4.69, 9.17) is 23.2 Å². The summed E-state index contributed by atoms with van der Waals surface area (Å²) < 4.78 is 1.21. The Labute approximate surface area is 200 Å². The molecule has 30 heavy (non-hydrogen) atoms. The van der Waals surface area contributed by atoms with Gasteiger partial charge in [0, 0.05) is 20.9 Å². The van der Waals surface area contributed by atoms with Gasteiger partial charge in [-0.1, -0.05) is 54.3 Å². The number of rotatable bonds is 4. The van der Waals surface area contributed by atoms with Gasteiger partial charge in [-0.15, -0.1) is 0 Å². The van der Waals surface area contributed by atoms with Crippen LogP contribution in [0.2, 0.25) is 10.0 Å². The summed E-state index contributed by atoms with van der Waals surface area (Å²) in [6, 6.07) is 5.10. The molecule has 4 rings (SSSR count). The number of anilines is 1. The lowest BCUT2D eigenvalue weighted by atomic mass is 9.89. The summed E-state index contributed by atoms with van der Waals surface area (Å²) in [5.41, 5.74) is 1.21. The Morgan fingerprint density at radius 1 is 1.27 bits per heavy atom. The Balaban J connectivity index is 1.58. The van der Waals surface area contributed by atoms with Gasteiger partial charge in [-0.05, 0) is 60.1 Å². The number of amides is 1. The molecule has 0 radical (unpaired) electrons. The predicted molar refractivity (Wildman–Crippen MR) is 131 cm³/mol. The summed E-state index contributed by atoms with van der Waals surface area (Å²) in [4.78, 5) is 13.0. The minimum Gasteiger partial charge on any atom is -0.391 e. The molecule has 1 aromatic rings. The van der Waals surface area contributed by atoms with Crippen molar-refractivity contribution in [3.05, 3.63) is 50.1 Å². The number of hydrogen-bond acceptors (Lipinski definition) is 4. The third-order valence-electron chi connectivity index (χ3n) is 5.99. The Morgan fingerprint density at radius 2 is 2.07 bits per heavy atom. The normalized spacial score (nSPS) is 28.9. The van der Waals surface area contributed by atoms with Crippen molar-refractivity contribution in [2.45, 2.75) is 56.7 Å². The largest absolute Gasteiger partial charge is 0.391 e. The van der Waals surface area contributed by atoms with Crippen LogP contribution in [0.5, 0.6) is 0 Å². The monoisotopic (exact) mass is 559 g/mol. The molecule has 0 saturated heterocycles. The molecule has 2 aliphatic carbocycles. The van der Waals surface area contributed by atoms with Crippen molar-refractivity contribution in [3.8, 4) is 0 Å². The number of hydrogen-bond donors (Lipinski definition) is 2. The third kappa shape index (κ3) is 4.87. The Bertz CT molecular complexity index is 918. The van der Waals surface area contributed by atoms with Crippen molar-refractivity contribution in [1.82, 2.24) is 5.32 Å². The zero-order chi connectivity index (χ0) is 21.3. The molecule has 3 aliphatic rings. The standard InChI is InChI=1S/C22H24Cl2IN3O2/c23-14-7-10-19(16(24)11-14)28-20(13-5-8-15(25)9-6-13)12-18(27-28)22(30)26-17-3-1-2-4-21(17)29/h5,7-11,13,17,20-21,29H,1-4,6,12H2,(H,26,30)/t13?,17-,20?,21-/m0/s1. The molecule has 2 unspecified atom stereocenters. The molecule has 0 spiro atoms. The van der Waals surface area contributed by atoms with Crippen LogP contribution in [0, 0.1) is 5.92 Å². The minimum atomic E-state index is -0.490. The van der Waals surface area contributed by atoms with Crippen molar-refractivity contribution in [2.75, 3.05) is 5.01 Å². The molecule has 0 aromatic heterocycles. The number of halogens is 3. The van der Waals surface area contributed by atoms with Gasteiger partial charge >= 0.3 is 0 Å². The highest BCUT2D eigenvalue weighted by molar-refractivity contribution is 14.1. The SMILES string of the molecule is O=C(N[C@H]1CCCC[C@@H]1O)C1=NN(c2ccc(Cl)cc2Cl)C(C2C=CC(I)=CC2)C1. The van der Waals surface area contributed by atoms with Gasteiger partial charge in [0.25, 0.3) is 5.91 Å². The number of nitrogens with one attached hydrogen (secondary N) is 1. The molecule has 1 aliphatic heterocycles. The van der Waals surface area contributed by atoms with Crippen LogP contribution in [-0.4, -0.2) is 34.9 Å². The summed E-state index contributed by atoms with van der Waals surface area (Å²) in [6.07, 6.45) is 10.9. The van der Waals surface area contributed by atoms with Crippen LogP contribution in [0.25, 0.3) is 0 Å². The van der Waals surface area contributed by atoms with E-state index >= 15 is 0 Å². The first-order valence-electron chi connectivity index (χ1n) is 10.3. The van der Waals surface area contributed by atoms with Crippen LogP contribution in [0.3, 0.4) is 0 Å². The zero-order valence-corrected chi connectivity index (χ0v) is 20.1. The van der Waals surface area contributed by atoms with Crippen molar-refractivity contribution in [3.63, 3.8) is 0 Å². The molecule has 160 valence electrons. The molecule has 1 heterocycles. The van der Waals surface area contributed by atoms with E-state index in [1.807, 2.05) is 11.1 Å². The lowest BCUT2D eigenvalue weighted by molar-refractivity contribution is -0.116. The second-order valence-electron chi connectivity index (χ2n) is 8.04. The van der Waals surface area contributed by atoms with E-state index in [0.29, 0.717) is 22.2 Å². The second kappa shape index (κ2) is 9.59. The Hall–Kier alpha value is -1.09. The molecule has 8 heteroatoms. The summed E-state index contributed by atoms with van der Waals surface area (Å²) in [7, 11) is 0. The lowest BCUT2D eigenvalue weighted by Crippen LogP contribution is -2.47. The number of hydrazone groups is 1. The third-order valence-corrected chi connectivity index (χ3v) is 7.33. The highest BCUT2D eigenvalue weighted by Crippen LogP contribution is 2.38. The van der Waals surface area contributed by atoms with Gasteiger partial charge in [0.05, 0.1) is 28.9 Å². The number of benzene rings is 1. The first-order chi connectivity index (χ1) is 14.4. The summed E-state index contributed by atoms with van der Waals surface area (Å²) in [5, 5.41) is 20.8. The Morgan fingerprint density at radius 3 is 2.77 bits per heavy atom. The maximum atomic E-state index is 13.0. The number of allylic oxidation sites excluding steroid dienone is 3. The van der Waals surface area contributed by atoms with Crippen LogP contribution in [0.4, 0.5) is 5.69 Å². The first kappa shape index (κ1) is 22.1. The van der Waals surface area contributed by atoms with Crippen molar-refractivity contribution < 1.29 is 9.90 Å². The van der Waals surface area contributed by atoms with Gasteiger partial charge in [0.15, 0.2) is 0 Å².